The third-order valence-corrected chi connectivity index (χ3v) is 2.72. The number of amides is 1. The van der Waals surface area contributed by atoms with Gasteiger partial charge >= 0.3 is 5.97 Å². The zero-order valence-corrected chi connectivity index (χ0v) is 11.3. The quantitative estimate of drug-likeness (QED) is 0.770. The van der Waals surface area contributed by atoms with Crippen molar-refractivity contribution >= 4 is 11.9 Å². The molecule has 5 nitrogen and oxygen atoms in total. The Hall–Kier alpha value is -1.88. The lowest BCUT2D eigenvalue weighted by Gasteiger charge is -2.09. The van der Waals surface area contributed by atoms with Crippen molar-refractivity contribution < 1.29 is 14.7 Å². The van der Waals surface area contributed by atoms with Crippen LogP contribution in [0.1, 0.15) is 22.3 Å². The number of nitrogens with one attached hydrogen (secondary N) is 1. The number of benzene rings is 1. The molecule has 1 amide bonds. The predicted octanol–water partition coefficient (Wildman–Crippen LogP) is 0.995. The van der Waals surface area contributed by atoms with E-state index in [1.165, 1.54) is 0 Å². The highest BCUT2D eigenvalue weighted by Gasteiger charge is 2.03. The molecule has 0 aliphatic rings. The maximum absolute atomic E-state index is 11.5. The Bertz CT molecular complexity index is 427. The highest BCUT2D eigenvalue weighted by Crippen LogP contribution is 2.04. The van der Waals surface area contributed by atoms with Gasteiger partial charge in [-0.2, -0.15) is 0 Å². The lowest BCUT2D eigenvalue weighted by molar-refractivity contribution is -0.121. The molecule has 0 atom stereocenters. The van der Waals surface area contributed by atoms with Gasteiger partial charge in [0.1, 0.15) is 0 Å². The summed E-state index contributed by atoms with van der Waals surface area (Å²) in [6.07, 6.45) is 1.19. The standard InChI is InChI=1S/C14H20N2O3/c1-16(2)10-8-13(17)15-9-7-11-3-5-12(6-4-11)14(18)19/h3-6H,7-10H2,1-2H3,(H,15,17)(H,18,19). The minimum absolute atomic E-state index is 0.0378. The van der Waals surface area contributed by atoms with Gasteiger partial charge in [-0.15, -0.1) is 0 Å². The molecule has 0 aliphatic carbocycles. The molecule has 104 valence electrons. The van der Waals surface area contributed by atoms with E-state index in [4.69, 9.17) is 5.11 Å². The summed E-state index contributed by atoms with van der Waals surface area (Å²) in [4.78, 5) is 24.1. The van der Waals surface area contributed by atoms with E-state index in [0.717, 1.165) is 12.1 Å². The lowest BCUT2D eigenvalue weighted by atomic mass is 10.1. The number of carbonyl (C=O) groups excluding carboxylic acids is 1. The SMILES string of the molecule is CN(C)CCC(=O)NCCc1ccc(C(=O)O)cc1. The van der Waals surface area contributed by atoms with Crippen molar-refractivity contribution in [3.8, 4) is 0 Å². The van der Waals surface area contributed by atoms with Crippen LogP contribution >= 0.6 is 0 Å². The minimum atomic E-state index is -0.927. The molecule has 1 rings (SSSR count). The Morgan fingerprint density at radius 1 is 1.21 bits per heavy atom. The fraction of sp³-hybridized carbons (Fsp3) is 0.429. The molecule has 2 N–H and O–H groups in total. The van der Waals surface area contributed by atoms with E-state index >= 15 is 0 Å². The molecule has 0 fully saturated rings. The van der Waals surface area contributed by atoms with Crippen molar-refractivity contribution in [2.24, 2.45) is 0 Å². The number of rotatable bonds is 7. The number of hydrogen-bond acceptors (Lipinski definition) is 3. The van der Waals surface area contributed by atoms with Crippen molar-refractivity contribution in [3.05, 3.63) is 35.4 Å². The zero-order valence-electron chi connectivity index (χ0n) is 11.3. The van der Waals surface area contributed by atoms with Crippen molar-refractivity contribution in [2.75, 3.05) is 27.2 Å². The van der Waals surface area contributed by atoms with Gasteiger partial charge < -0.3 is 15.3 Å². The van der Waals surface area contributed by atoms with Crippen LogP contribution in [0.15, 0.2) is 24.3 Å². The van der Waals surface area contributed by atoms with Gasteiger partial charge in [-0.25, -0.2) is 4.79 Å². The highest BCUT2D eigenvalue weighted by atomic mass is 16.4. The van der Waals surface area contributed by atoms with E-state index in [0.29, 0.717) is 19.4 Å². The van der Waals surface area contributed by atoms with E-state index in [1.807, 2.05) is 19.0 Å². The summed E-state index contributed by atoms with van der Waals surface area (Å²) in [5, 5.41) is 11.6. The summed E-state index contributed by atoms with van der Waals surface area (Å²) in [5.74, 6) is -0.889. The molecule has 0 radical (unpaired) electrons. The summed E-state index contributed by atoms with van der Waals surface area (Å²) in [6.45, 7) is 1.30. The van der Waals surface area contributed by atoms with E-state index in [2.05, 4.69) is 5.32 Å². The molecule has 0 aromatic heterocycles. The van der Waals surface area contributed by atoms with Gasteiger partial charge in [0, 0.05) is 19.5 Å². The lowest BCUT2D eigenvalue weighted by Crippen LogP contribution is -2.28. The Morgan fingerprint density at radius 2 is 1.84 bits per heavy atom. The normalized spacial score (nSPS) is 10.5. The molecular weight excluding hydrogens is 244 g/mol. The van der Waals surface area contributed by atoms with Crippen LogP contribution in [0.5, 0.6) is 0 Å². The summed E-state index contributed by atoms with van der Waals surface area (Å²) in [6, 6.07) is 6.70. The molecule has 0 aliphatic heterocycles. The summed E-state index contributed by atoms with van der Waals surface area (Å²) >= 11 is 0. The van der Waals surface area contributed by atoms with Gasteiger partial charge in [0.05, 0.1) is 5.56 Å². The van der Waals surface area contributed by atoms with E-state index in [1.54, 1.807) is 24.3 Å². The van der Waals surface area contributed by atoms with Crippen molar-refractivity contribution in [2.45, 2.75) is 12.8 Å². The average molecular weight is 264 g/mol. The van der Waals surface area contributed by atoms with Crippen LogP contribution in [0.4, 0.5) is 0 Å². The molecule has 0 saturated carbocycles. The van der Waals surface area contributed by atoms with Crippen molar-refractivity contribution in [3.63, 3.8) is 0 Å². The van der Waals surface area contributed by atoms with Crippen LogP contribution in [0.25, 0.3) is 0 Å². The van der Waals surface area contributed by atoms with Gasteiger partial charge in [-0.05, 0) is 38.2 Å². The van der Waals surface area contributed by atoms with Gasteiger partial charge in [0.15, 0.2) is 0 Å². The molecule has 1 aromatic rings. The largest absolute Gasteiger partial charge is 0.478 e. The van der Waals surface area contributed by atoms with Gasteiger partial charge in [0.25, 0.3) is 0 Å². The van der Waals surface area contributed by atoms with E-state index in [9.17, 15) is 9.59 Å². The van der Waals surface area contributed by atoms with Crippen LogP contribution < -0.4 is 5.32 Å². The predicted molar refractivity (Wildman–Crippen MR) is 73.3 cm³/mol. The van der Waals surface area contributed by atoms with Gasteiger partial charge in [-0.3, -0.25) is 4.79 Å². The van der Waals surface area contributed by atoms with Gasteiger partial charge in [-0.1, -0.05) is 12.1 Å². The number of nitrogens with zero attached hydrogens (tertiary/aromatic N) is 1. The monoisotopic (exact) mass is 264 g/mol. The fourth-order valence-corrected chi connectivity index (χ4v) is 1.57. The summed E-state index contributed by atoms with van der Waals surface area (Å²) in [7, 11) is 3.86. The number of carboxylic acids is 1. The van der Waals surface area contributed by atoms with Gasteiger partial charge in [0.2, 0.25) is 5.91 Å². The molecule has 0 unspecified atom stereocenters. The number of carboxylic acid groups (broad SMARTS) is 1. The Kier molecular flexibility index (Phi) is 6.02. The Labute approximate surface area is 113 Å². The average Bonchev–Trinajstić information content (AvgIpc) is 2.37. The Morgan fingerprint density at radius 3 is 2.37 bits per heavy atom. The van der Waals surface area contributed by atoms with Crippen LogP contribution in [-0.4, -0.2) is 49.1 Å². The summed E-state index contributed by atoms with van der Waals surface area (Å²) in [5.41, 5.74) is 1.29. The Balaban J connectivity index is 2.29. The molecule has 0 spiro atoms. The molecule has 5 heteroatoms. The number of aromatic carboxylic acids is 1. The van der Waals surface area contributed by atoms with Crippen LogP contribution in [0, 0.1) is 0 Å². The van der Waals surface area contributed by atoms with Crippen LogP contribution in [0.3, 0.4) is 0 Å². The second kappa shape index (κ2) is 7.53. The smallest absolute Gasteiger partial charge is 0.335 e. The molecule has 0 bridgehead atoms. The molecular formula is C14H20N2O3. The first kappa shape index (κ1) is 15.2. The third-order valence-electron chi connectivity index (χ3n) is 2.72. The third kappa shape index (κ3) is 6.01. The molecule has 0 saturated heterocycles. The van der Waals surface area contributed by atoms with E-state index in [-0.39, 0.29) is 11.5 Å². The second-order valence-corrected chi connectivity index (χ2v) is 4.66. The summed E-state index contributed by atoms with van der Waals surface area (Å²) < 4.78 is 0. The second-order valence-electron chi connectivity index (χ2n) is 4.66. The van der Waals surface area contributed by atoms with E-state index < -0.39 is 5.97 Å². The van der Waals surface area contributed by atoms with Crippen molar-refractivity contribution in [1.29, 1.82) is 0 Å². The van der Waals surface area contributed by atoms with Crippen LogP contribution in [0.2, 0.25) is 0 Å². The maximum Gasteiger partial charge on any atom is 0.335 e. The van der Waals surface area contributed by atoms with Crippen molar-refractivity contribution in [1.82, 2.24) is 10.2 Å². The first-order valence-corrected chi connectivity index (χ1v) is 6.22. The first-order valence-electron chi connectivity index (χ1n) is 6.22. The number of carbonyl (C=O) groups is 2. The topological polar surface area (TPSA) is 69.6 Å². The highest BCUT2D eigenvalue weighted by molar-refractivity contribution is 5.87. The first-order chi connectivity index (χ1) is 8.99. The molecule has 0 heterocycles. The maximum atomic E-state index is 11.5. The zero-order chi connectivity index (χ0) is 14.3. The molecule has 19 heavy (non-hydrogen) atoms. The fourth-order valence-electron chi connectivity index (χ4n) is 1.57. The van der Waals surface area contributed by atoms with Crippen LogP contribution in [-0.2, 0) is 11.2 Å². The minimum Gasteiger partial charge on any atom is -0.478 e. The molecule has 1 aromatic carbocycles. The number of hydrogen-bond donors (Lipinski definition) is 2.